The summed E-state index contributed by atoms with van der Waals surface area (Å²) in [6.07, 6.45) is 0.813. The lowest BCUT2D eigenvalue weighted by Crippen LogP contribution is -2.32. The molecule has 0 radical (unpaired) electrons. The summed E-state index contributed by atoms with van der Waals surface area (Å²) in [4.78, 5) is 37.5. The number of carbonyl (C=O) groups is 3. The molecule has 158 valence electrons. The Balaban J connectivity index is 1.68. The molecular formula is C25H25N3O3. The summed E-state index contributed by atoms with van der Waals surface area (Å²) in [5.74, 6) is -0.798. The van der Waals surface area contributed by atoms with Crippen LogP contribution in [0, 0.1) is 0 Å². The number of benzene rings is 3. The van der Waals surface area contributed by atoms with E-state index in [1.165, 1.54) is 0 Å². The van der Waals surface area contributed by atoms with Crippen LogP contribution in [0.3, 0.4) is 0 Å². The fourth-order valence-electron chi connectivity index (χ4n) is 2.89. The minimum atomic E-state index is -0.343. The van der Waals surface area contributed by atoms with E-state index in [0.717, 1.165) is 6.42 Å². The highest BCUT2D eigenvalue weighted by atomic mass is 16.2. The molecule has 3 N–H and O–H groups in total. The van der Waals surface area contributed by atoms with E-state index in [0.29, 0.717) is 28.1 Å². The molecule has 0 saturated heterocycles. The van der Waals surface area contributed by atoms with E-state index in [9.17, 15) is 14.4 Å². The molecule has 6 nitrogen and oxygen atoms in total. The van der Waals surface area contributed by atoms with Gasteiger partial charge in [-0.2, -0.15) is 0 Å². The molecule has 0 aromatic heterocycles. The summed E-state index contributed by atoms with van der Waals surface area (Å²) in [5.41, 5.74) is 2.39. The van der Waals surface area contributed by atoms with Gasteiger partial charge in [0.05, 0.1) is 11.3 Å². The molecule has 0 aliphatic rings. The summed E-state index contributed by atoms with van der Waals surface area (Å²) < 4.78 is 0. The van der Waals surface area contributed by atoms with Crippen LogP contribution in [-0.4, -0.2) is 23.8 Å². The van der Waals surface area contributed by atoms with Gasteiger partial charge in [0.25, 0.3) is 17.7 Å². The molecule has 0 spiro atoms. The largest absolute Gasteiger partial charge is 0.350 e. The number of para-hydroxylation sites is 1. The Labute approximate surface area is 181 Å². The van der Waals surface area contributed by atoms with E-state index in [-0.39, 0.29) is 23.8 Å². The lowest BCUT2D eigenvalue weighted by atomic mass is 10.1. The van der Waals surface area contributed by atoms with Gasteiger partial charge in [-0.25, -0.2) is 0 Å². The Morgan fingerprint density at radius 3 is 1.97 bits per heavy atom. The zero-order valence-corrected chi connectivity index (χ0v) is 17.5. The van der Waals surface area contributed by atoms with Crippen molar-refractivity contribution in [2.75, 3.05) is 10.6 Å². The smallest absolute Gasteiger partial charge is 0.255 e. The van der Waals surface area contributed by atoms with Crippen LogP contribution in [0.4, 0.5) is 11.4 Å². The summed E-state index contributed by atoms with van der Waals surface area (Å²) >= 11 is 0. The quantitative estimate of drug-likeness (QED) is 0.522. The normalized spacial score (nSPS) is 11.3. The molecule has 0 saturated carbocycles. The number of hydrogen-bond donors (Lipinski definition) is 3. The van der Waals surface area contributed by atoms with Crippen LogP contribution < -0.4 is 16.0 Å². The van der Waals surface area contributed by atoms with Crippen LogP contribution in [0.15, 0.2) is 78.9 Å². The number of rotatable bonds is 7. The van der Waals surface area contributed by atoms with E-state index in [1.807, 2.05) is 19.9 Å². The first kappa shape index (κ1) is 21.8. The highest BCUT2D eigenvalue weighted by Crippen LogP contribution is 2.18. The summed E-state index contributed by atoms with van der Waals surface area (Å²) in [6, 6.07) is 22.4. The SMILES string of the molecule is CC[C@@H](C)NC(=O)c1ccccc1NC(=O)c1ccc(NC(=O)c2ccccc2)cc1. The third-order valence-electron chi connectivity index (χ3n) is 4.85. The average molecular weight is 415 g/mol. The maximum atomic E-state index is 12.7. The number of nitrogens with one attached hydrogen (secondary N) is 3. The van der Waals surface area contributed by atoms with Crippen LogP contribution in [0.25, 0.3) is 0 Å². The number of carbonyl (C=O) groups excluding carboxylic acids is 3. The van der Waals surface area contributed by atoms with Crippen molar-refractivity contribution in [3.8, 4) is 0 Å². The van der Waals surface area contributed by atoms with Crippen molar-refractivity contribution >= 4 is 29.1 Å². The van der Waals surface area contributed by atoms with E-state index in [1.54, 1.807) is 72.8 Å². The molecule has 0 unspecified atom stereocenters. The van der Waals surface area contributed by atoms with Crippen molar-refractivity contribution in [1.82, 2.24) is 5.32 Å². The van der Waals surface area contributed by atoms with Crippen LogP contribution in [0.1, 0.15) is 51.3 Å². The molecule has 3 aromatic carbocycles. The topological polar surface area (TPSA) is 87.3 Å². The van der Waals surface area contributed by atoms with Gasteiger partial charge in [0, 0.05) is 22.9 Å². The first-order valence-electron chi connectivity index (χ1n) is 10.2. The van der Waals surface area contributed by atoms with Gasteiger partial charge in [0.2, 0.25) is 0 Å². The standard InChI is InChI=1S/C25H25N3O3/c1-3-17(2)26-25(31)21-11-7-8-12-22(21)28-24(30)19-13-15-20(16-14-19)27-23(29)18-9-5-4-6-10-18/h4-17H,3H2,1-2H3,(H,26,31)(H,27,29)(H,28,30)/t17-/m1/s1. The lowest BCUT2D eigenvalue weighted by Gasteiger charge is -2.15. The number of hydrogen-bond acceptors (Lipinski definition) is 3. The summed E-state index contributed by atoms with van der Waals surface area (Å²) in [5, 5.41) is 8.50. The second kappa shape index (κ2) is 10.2. The minimum Gasteiger partial charge on any atom is -0.350 e. The Morgan fingerprint density at radius 2 is 1.29 bits per heavy atom. The molecular weight excluding hydrogens is 390 g/mol. The molecule has 3 amide bonds. The van der Waals surface area contributed by atoms with E-state index >= 15 is 0 Å². The lowest BCUT2D eigenvalue weighted by molar-refractivity contribution is 0.0939. The Hall–Kier alpha value is -3.93. The zero-order chi connectivity index (χ0) is 22.2. The monoisotopic (exact) mass is 415 g/mol. The molecule has 3 aromatic rings. The predicted octanol–water partition coefficient (Wildman–Crippen LogP) is 4.72. The highest BCUT2D eigenvalue weighted by Gasteiger charge is 2.15. The molecule has 0 bridgehead atoms. The van der Waals surface area contributed by atoms with Gasteiger partial charge in [-0.05, 0) is 61.9 Å². The van der Waals surface area contributed by atoms with Crippen LogP contribution in [0.5, 0.6) is 0 Å². The summed E-state index contributed by atoms with van der Waals surface area (Å²) in [7, 11) is 0. The highest BCUT2D eigenvalue weighted by molar-refractivity contribution is 6.09. The van der Waals surface area contributed by atoms with Gasteiger partial charge in [0.1, 0.15) is 0 Å². The minimum absolute atomic E-state index is 0.0369. The molecule has 0 aliphatic carbocycles. The van der Waals surface area contributed by atoms with Gasteiger partial charge < -0.3 is 16.0 Å². The van der Waals surface area contributed by atoms with Crippen molar-refractivity contribution in [1.29, 1.82) is 0 Å². The molecule has 3 rings (SSSR count). The van der Waals surface area contributed by atoms with Crippen molar-refractivity contribution in [2.24, 2.45) is 0 Å². The first-order chi connectivity index (χ1) is 15.0. The van der Waals surface area contributed by atoms with Crippen molar-refractivity contribution < 1.29 is 14.4 Å². The second-order valence-corrected chi connectivity index (χ2v) is 7.18. The van der Waals surface area contributed by atoms with Crippen LogP contribution in [-0.2, 0) is 0 Å². The number of amides is 3. The summed E-state index contributed by atoms with van der Waals surface area (Å²) in [6.45, 7) is 3.92. The first-order valence-corrected chi connectivity index (χ1v) is 10.2. The molecule has 0 aliphatic heterocycles. The van der Waals surface area contributed by atoms with E-state index < -0.39 is 0 Å². The Kier molecular flexibility index (Phi) is 7.17. The van der Waals surface area contributed by atoms with Crippen molar-refractivity contribution in [3.63, 3.8) is 0 Å². The molecule has 0 heterocycles. The van der Waals surface area contributed by atoms with Gasteiger partial charge in [-0.15, -0.1) is 0 Å². The Morgan fingerprint density at radius 1 is 0.710 bits per heavy atom. The van der Waals surface area contributed by atoms with Gasteiger partial charge in [-0.3, -0.25) is 14.4 Å². The molecule has 0 fully saturated rings. The van der Waals surface area contributed by atoms with Crippen molar-refractivity contribution in [3.05, 3.63) is 95.6 Å². The van der Waals surface area contributed by atoms with E-state index in [4.69, 9.17) is 0 Å². The number of anilines is 2. The second-order valence-electron chi connectivity index (χ2n) is 7.18. The Bertz CT molecular complexity index is 1060. The fraction of sp³-hybridized carbons (Fsp3) is 0.160. The van der Waals surface area contributed by atoms with E-state index in [2.05, 4.69) is 16.0 Å². The third kappa shape index (κ3) is 5.79. The van der Waals surface area contributed by atoms with Gasteiger partial charge in [0.15, 0.2) is 0 Å². The maximum absolute atomic E-state index is 12.7. The zero-order valence-electron chi connectivity index (χ0n) is 17.5. The third-order valence-corrected chi connectivity index (χ3v) is 4.85. The van der Waals surface area contributed by atoms with Gasteiger partial charge >= 0.3 is 0 Å². The molecule has 6 heteroatoms. The van der Waals surface area contributed by atoms with Crippen LogP contribution in [0.2, 0.25) is 0 Å². The van der Waals surface area contributed by atoms with Crippen LogP contribution >= 0.6 is 0 Å². The van der Waals surface area contributed by atoms with Crippen molar-refractivity contribution in [2.45, 2.75) is 26.3 Å². The fourth-order valence-corrected chi connectivity index (χ4v) is 2.89. The average Bonchev–Trinajstić information content (AvgIpc) is 2.80. The molecule has 1 atom stereocenters. The molecule has 31 heavy (non-hydrogen) atoms. The van der Waals surface area contributed by atoms with Gasteiger partial charge in [-0.1, -0.05) is 37.3 Å². The predicted molar refractivity (Wildman–Crippen MR) is 122 cm³/mol. The maximum Gasteiger partial charge on any atom is 0.255 e.